The average molecular weight is 707 g/mol. The van der Waals surface area contributed by atoms with Gasteiger partial charge in [0.1, 0.15) is 11.0 Å². The Morgan fingerprint density at radius 1 is 0.472 bits per heavy atom. The minimum Gasteiger partial charge on any atom is -0.248 e. The maximum Gasteiger partial charge on any atom is 0.496 e. The van der Waals surface area contributed by atoms with Crippen LogP contribution in [0.2, 0.25) is 0 Å². The zero-order chi connectivity index (χ0) is 35.5. The van der Waals surface area contributed by atoms with E-state index in [-0.39, 0.29) is 0 Å². The van der Waals surface area contributed by atoms with Crippen LogP contribution in [0.25, 0.3) is 22.3 Å². The van der Waals surface area contributed by atoms with E-state index in [4.69, 9.17) is 14.0 Å². The lowest BCUT2D eigenvalue weighted by Crippen LogP contribution is -2.69. The van der Waals surface area contributed by atoms with E-state index in [9.17, 15) is 0 Å². The summed E-state index contributed by atoms with van der Waals surface area (Å²) in [4.78, 5) is 9.36. The molecule has 0 radical (unpaired) electrons. The highest BCUT2D eigenvalue weighted by atomic mass is 31.2. The second-order valence-corrected chi connectivity index (χ2v) is 15.7. The largest absolute Gasteiger partial charge is 0.496 e. The van der Waals surface area contributed by atoms with Gasteiger partial charge in [-0.1, -0.05) is 121 Å². The van der Waals surface area contributed by atoms with Crippen molar-refractivity contribution < 1.29 is 14.0 Å². The molecule has 0 unspecified atom stereocenters. The Kier molecular flexibility index (Phi) is 7.44. The molecule has 0 aliphatic carbocycles. The molecule has 6 heterocycles. The summed E-state index contributed by atoms with van der Waals surface area (Å²) in [5.74, 6) is 0. The maximum atomic E-state index is 7.03. The number of hydrogen-bond donors (Lipinski definition) is 1. The Labute approximate surface area is 308 Å². The minimum absolute atomic E-state index is 0.878. The summed E-state index contributed by atoms with van der Waals surface area (Å²) >= 11 is 0. The molecule has 53 heavy (non-hydrogen) atoms. The monoisotopic (exact) mass is 706 g/mol. The van der Waals surface area contributed by atoms with Gasteiger partial charge in [0, 0.05) is 23.3 Å². The Bertz CT molecular complexity index is 2580. The first-order chi connectivity index (χ1) is 26.2. The van der Waals surface area contributed by atoms with Crippen LogP contribution in [0.5, 0.6) is 0 Å². The van der Waals surface area contributed by atoms with Crippen molar-refractivity contribution in [3.8, 4) is 0 Å². The van der Waals surface area contributed by atoms with Crippen LogP contribution in [0.15, 0.2) is 186 Å². The van der Waals surface area contributed by atoms with Gasteiger partial charge in [-0.2, -0.15) is 9.05 Å². The number of nitrogens with one attached hydrogen (secondary N) is 1. The van der Waals surface area contributed by atoms with Gasteiger partial charge in [0.05, 0.1) is 47.8 Å². The van der Waals surface area contributed by atoms with Crippen LogP contribution in [-0.2, 0) is 9.05 Å². The number of rotatable bonds is 6. The lowest BCUT2D eigenvalue weighted by Gasteiger charge is -2.28. The first kappa shape index (κ1) is 31.6. The zero-order valence-electron chi connectivity index (χ0n) is 29.3. The predicted molar refractivity (Wildman–Crippen MR) is 214 cm³/mol. The summed E-state index contributed by atoms with van der Waals surface area (Å²) in [6.45, 7) is 0. The van der Waals surface area contributed by atoms with E-state index in [0.717, 1.165) is 89.4 Å². The fourth-order valence-electron chi connectivity index (χ4n) is 8.13. The van der Waals surface area contributed by atoms with E-state index in [1.165, 1.54) is 0 Å². The Hall–Kier alpha value is -6.17. The molecule has 4 aliphatic heterocycles. The van der Waals surface area contributed by atoms with E-state index >= 15 is 0 Å². The van der Waals surface area contributed by atoms with Crippen molar-refractivity contribution in [1.29, 1.82) is 0 Å². The number of nitrogens with zero attached hydrogens (tertiary/aromatic N) is 3. The quantitative estimate of drug-likeness (QED) is 0.196. The normalized spacial score (nSPS) is 16.6. The number of aromatic nitrogens is 2. The summed E-state index contributed by atoms with van der Waals surface area (Å²) in [6.07, 6.45) is 8.69. The first-order valence-electron chi connectivity index (χ1n) is 17.7. The molecule has 254 valence electrons. The van der Waals surface area contributed by atoms with Crippen molar-refractivity contribution >= 4 is 41.7 Å². The number of allylic oxidation sites excluding steroid dienone is 4. The smallest absolute Gasteiger partial charge is 0.248 e. The molecule has 7 heteroatoms. The standard InChI is InChI=1S/C46H34N4O2P/c1-51-53(52-2)49-39-27-28-40(49)45(33-19-11-5-12-20-33)37-25-26-38(48-37)46(34-21-13-6-14-22-34)42-30-29-41(50(42)53)44(32-17-9-4-10-18-32)36-24-23-35(47-36)43(39)31-15-7-3-8-16-31/h3-30H,1-2H3/q+1/p+1. The highest BCUT2D eigenvalue weighted by molar-refractivity contribution is 7.63. The van der Waals surface area contributed by atoms with Crippen LogP contribution in [0, 0.1) is 0 Å². The third-order valence-corrected chi connectivity index (χ3v) is 13.2. The topological polar surface area (TPSA) is 54.6 Å². The van der Waals surface area contributed by atoms with Crippen LogP contribution in [-0.4, -0.2) is 34.3 Å². The Morgan fingerprint density at radius 2 is 0.962 bits per heavy atom. The number of fused-ring (bicyclic) bond motifs is 2. The van der Waals surface area contributed by atoms with E-state index in [0.29, 0.717) is 0 Å². The third kappa shape index (κ3) is 4.77. The van der Waals surface area contributed by atoms with Crippen LogP contribution in [0.4, 0.5) is 0 Å². The molecule has 10 rings (SSSR count). The Balaban J connectivity index is 1.51. The molecular formula is C46H35N4O2P+2. The SMILES string of the molecule is CO[P+]1(OC)n2c3ccc2C(c2ccccc2)=C2C=CC(=[NH+]2)C(c2ccccc2)=c2ccc(n21)=C(c1ccccc1)C1=NC(=C3c2ccccc2)C=C1. The van der Waals surface area contributed by atoms with Gasteiger partial charge in [-0.15, -0.1) is 8.68 Å². The summed E-state index contributed by atoms with van der Waals surface area (Å²) in [5.41, 5.74) is 14.0. The molecule has 6 bridgehead atoms. The molecule has 0 fully saturated rings. The molecule has 4 aromatic carbocycles. The van der Waals surface area contributed by atoms with Gasteiger partial charge >= 0.3 is 8.02 Å². The Morgan fingerprint density at radius 3 is 1.53 bits per heavy atom. The van der Waals surface area contributed by atoms with Gasteiger partial charge in [-0.25, -0.2) is 9.98 Å². The molecule has 6 nitrogen and oxygen atoms in total. The lowest BCUT2D eigenvalue weighted by molar-refractivity contribution is -0.383. The highest BCUT2D eigenvalue weighted by Crippen LogP contribution is 2.64. The van der Waals surface area contributed by atoms with Crippen LogP contribution >= 0.6 is 8.02 Å². The van der Waals surface area contributed by atoms with Gasteiger partial charge < -0.3 is 0 Å². The number of aliphatic imine (C=N–C) groups is 1. The van der Waals surface area contributed by atoms with Gasteiger partial charge in [-0.3, -0.25) is 0 Å². The van der Waals surface area contributed by atoms with Gasteiger partial charge in [0.15, 0.2) is 0 Å². The predicted octanol–water partition coefficient (Wildman–Crippen LogP) is 6.70. The molecule has 1 N–H and O–H groups in total. The average Bonchev–Trinajstić information content (AvgIpc) is 4.05. The molecule has 0 spiro atoms. The highest BCUT2D eigenvalue weighted by Gasteiger charge is 2.53. The van der Waals surface area contributed by atoms with Crippen LogP contribution < -0.4 is 15.7 Å². The van der Waals surface area contributed by atoms with E-state index in [1.54, 1.807) is 14.2 Å². The molecule has 0 saturated heterocycles. The van der Waals surface area contributed by atoms with Gasteiger partial charge in [-0.05, 0) is 58.7 Å². The summed E-state index contributed by atoms with van der Waals surface area (Å²) in [6, 6.07) is 51.1. The van der Waals surface area contributed by atoms with Crippen LogP contribution in [0.1, 0.15) is 33.6 Å². The summed E-state index contributed by atoms with van der Waals surface area (Å²) in [7, 11) is 0.218. The first-order valence-corrected chi connectivity index (χ1v) is 19.2. The van der Waals surface area contributed by atoms with Gasteiger partial charge in [0.2, 0.25) is 11.4 Å². The van der Waals surface area contributed by atoms with Crippen molar-refractivity contribution in [1.82, 2.24) is 8.68 Å². The fourth-order valence-corrected chi connectivity index (χ4v) is 10.9. The van der Waals surface area contributed by atoms with Crippen molar-refractivity contribution in [3.63, 3.8) is 0 Å². The molecule has 0 atom stereocenters. The second-order valence-electron chi connectivity index (χ2n) is 13.2. The third-order valence-electron chi connectivity index (χ3n) is 10.3. The summed E-state index contributed by atoms with van der Waals surface area (Å²) < 4.78 is 18.7. The van der Waals surface area contributed by atoms with E-state index in [2.05, 4.69) is 184 Å². The molecule has 2 aromatic heterocycles. The molecule has 4 aliphatic rings. The van der Waals surface area contributed by atoms with E-state index < -0.39 is 8.02 Å². The van der Waals surface area contributed by atoms with Crippen molar-refractivity contribution in [3.05, 3.63) is 226 Å². The minimum atomic E-state index is -3.35. The zero-order valence-corrected chi connectivity index (χ0v) is 30.2. The molecular weight excluding hydrogens is 672 g/mol. The van der Waals surface area contributed by atoms with Gasteiger partial charge in [0.25, 0.3) is 0 Å². The maximum absolute atomic E-state index is 7.03. The molecule has 0 amide bonds. The number of hydrogen-bond acceptors (Lipinski definition) is 3. The van der Waals surface area contributed by atoms with Crippen molar-refractivity contribution in [2.24, 2.45) is 4.99 Å². The molecule has 6 aromatic rings. The lowest BCUT2D eigenvalue weighted by atomic mass is 10.0. The van der Waals surface area contributed by atoms with Crippen molar-refractivity contribution in [2.75, 3.05) is 14.2 Å². The second kappa shape index (κ2) is 12.5. The number of benzene rings is 4. The van der Waals surface area contributed by atoms with Crippen LogP contribution in [0.3, 0.4) is 0 Å². The fraction of sp³-hybridized carbons (Fsp3) is 0.0435. The summed E-state index contributed by atoms with van der Waals surface area (Å²) in [5, 5.41) is 1.91. The molecule has 0 saturated carbocycles. The van der Waals surface area contributed by atoms with Crippen molar-refractivity contribution in [2.45, 2.75) is 0 Å². The van der Waals surface area contributed by atoms with E-state index in [1.807, 2.05) is 0 Å².